The van der Waals surface area contributed by atoms with E-state index in [0.717, 1.165) is 24.9 Å². The molecule has 15 heavy (non-hydrogen) atoms. The van der Waals surface area contributed by atoms with Gasteiger partial charge in [0.25, 0.3) is 0 Å². The van der Waals surface area contributed by atoms with Gasteiger partial charge in [-0.2, -0.15) is 0 Å². The minimum Gasteiger partial charge on any atom is -0.396 e. The van der Waals surface area contributed by atoms with Crippen LogP contribution in [-0.4, -0.2) is 18.3 Å². The first-order valence-electron chi connectivity index (χ1n) is 5.00. The molecule has 0 amide bonds. The van der Waals surface area contributed by atoms with Crippen LogP contribution in [0.15, 0.2) is 18.2 Å². The number of rotatable bonds is 6. The van der Waals surface area contributed by atoms with E-state index >= 15 is 0 Å². The molecule has 84 valence electrons. The lowest BCUT2D eigenvalue weighted by Gasteiger charge is -2.08. The van der Waals surface area contributed by atoms with Gasteiger partial charge in [-0.1, -0.05) is 29.3 Å². The fourth-order valence-electron chi connectivity index (χ4n) is 1.28. The minimum absolute atomic E-state index is 0.245. The van der Waals surface area contributed by atoms with Gasteiger partial charge in [0.2, 0.25) is 0 Å². The van der Waals surface area contributed by atoms with E-state index in [0.29, 0.717) is 16.6 Å². The molecule has 4 heteroatoms. The molecule has 2 N–H and O–H groups in total. The van der Waals surface area contributed by atoms with Crippen LogP contribution >= 0.6 is 23.2 Å². The van der Waals surface area contributed by atoms with E-state index in [1.54, 1.807) is 0 Å². The lowest BCUT2D eigenvalue weighted by atomic mass is 10.2. The minimum atomic E-state index is 0.245. The first-order valence-corrected chi connectivity index (χ1v) is 5.75. The van der Waals surface area contributed by atoms with Crippen molar-refractivity contribution < 1.29 is 5.11 Å². The Morgan fingerprint density at radius 1 is 1.13 bits per heavy atom. The van der Waals surface area contributed by atoms with E-state index in [1.165, 1.54) is 0 Å². The number of benzene rings is 1. The van der Waals surface area contributed by atoms with Crippen LogP contribution in [0.4, 0.5) is 0 Å². The Bertz CT molecular complexity index is 284. The highest BCUT2D eigenvalue weighted by Gasteiger charge is 2.03. The molecule has 0 aliphatic carbocycles. The van der Waals surface area contributed by atoms with Gasteiger partial charge in [-0.05, 0) is 31.5 Å². The number of nitrogens with one attached hydrogen (secondary N) is 1. The Hall–Kier alpha value is -0.280. The summed E-state index contributed by atoms with van der Waals surface area (Å²) in [5.74, 6) is 0. The van der Waals surface area contributed by atoms with Crippen molar-refractivity contribution in [1.82, 2.24) is 5.32 Å². The van der Waals surface area contributed by atoms with Crippen molar-refractivity contribution in [3.8, 4) is 0 Å². The zero-order chi connectivity index (χ0) is 11.1. The molecule has 0 aromatic heterocycles. The average molecular weight is 248 g/mol. The third-order valence-corrected chi connectivity index (χ3v) is 2.83. The molecule has 0 unspecified atom stereocenters. The highest BCUT2D eigenvalue weighted by atomic mass is 35.5. The van der Waals surface area contributed by atoms with Crippen LogP contribution < -0.4 is 5.32 Å². The Labute approximate surface area is 100 Å². The summed E-state index contributed by atoms with van der Waals surface area (Å²) in [6, 6.07) is 5.50. The molecule has 0 saturated carbocycles. The largest absolute Gasteiger partial charge is 0.396 e. The highest BCUT2D eigenvalue weighted by Crippen LogP contribution is 2.23. The van der Waals surface area contributed by atoms with E-state index in [1.807, 2.05) is 18.2 Å². The first-order chi connectivity index (χ1) is 7.25. The van der Waals surface area contributed by atoms with Gasteiger partial charge in [0, 0.05) is 28.8 Å². The van der Waals surface area contributed by atoms with Crippen molar-refractivity contribution in [2.24, 2.45) is 0 Å². The van der Waals surface area contributed by atoms with Crippen LogP contribution in [0, 0.1) is 0 Å². The first kappa shape index (κ1) is 12.8. The van der Waals surface area contributed by atoms with E-state index in [9.17, 15) is 0 Å². The molecule has 0 bridgehead atoms. The molecule has 0 aliphatic heterocycles. The predicted octanol–water partition coefficient (Wildman–Crippen LogP) is 2.86. The smallest absolute Gasteiger partial charge is 0.0465 e. The molecule has 0 heterocycles. The molecule has 0 radical (unpaired) electrons. The van der Waals surface area contributed by atoms with Gasteiger partial charge in [-0.15, -0.1) is 0 Å². The Morgan fingerprint density at radius 2 is 1.80 bits per heavy atom. The van der Waals surface area contributed by atoms with Crippen LogP contribution in [0.25, 0.3) is 0 Å². The van der Waals surface area contributed by atoms with Crippen molar-refractivity contribution in [3.63, 3.8) is 0 Å². The SMILES string of the molecule is OCCCCNCc1c(Cl)cccc1Cl. The molecule has 0 saturated heterocycles. The maximum Gasteiger partial charge on any atom is 0.0465 e. The van der Waals surface area contributed by atoms with Gasteiger partial charge >= 0.3 is 0 Å². The van der Waals surface area contributed by atoms with Crippen LogP contribution in [0.5, 0.6) is 0 Å². The second-order valence-electron chi connectivity index (χ2n) is 3.31. The number of hydrogen-bond donors (Lipinski definition) is 2. The summed E-state index contributed by atoms with van der Waals surface area (Å²) in [6.45, 7) is 1.78. The van der Waals surface area contributed by atoms with Crippen LogP contribution in [-0.2, 0) is 6.54 Å². The molecule has 0 atom stereocenters. The molecule has 1 aromatic carbocycles. The summed E-state index contributed by atoms with van der Waals surface area (Å²) in [7, 11) is 0. The topological polar surface area (TPSA) is 32.3 Å². The Morgan fingerprint density at radius 3 is 2.40 bits per heavy atom. The maximum absolute atomic E-state index is 8.60. The van der Waals surface area contributed by atoms with Gasteiger partial charge in [0.15, 0.2) is 0 Å². The van der Waals surface area contributed by atoms with Crippen molar-refractivity contribution in [2.45, 2.75) is 19.4 Å². The zero-order valence-electron chi connectivity index (χ0n) is 8.47. The molecule has 0 aliphatic rings. The summed E-state index contributed by atoms with van der Waals surface area (Å²) in [6.07, 6.45) is 1.78. The summed E-state index contributed by atoms with van der Waals surface area (Å²) >= 11 is 12.0. The van der Waals surface area contributed by atoms with Crippen molar-refractivity contribution in [2.75, 3.05) is 13.2 Å². The average Bonchev–Trinajstić information content (AvgIpc) is 2.21. The van der Waals surface area contributed by atoms with Gasteiger partial charge in [-0.3, -0.25) is 0 Å². The molecule has 0 fully saturated rings. The van der Waals surface area contributed by atoms with Gasteiger partial charge < -0.3 is 10.4 Å². The lowest BCUT2D eigenvalue weighted by Crippen LogP contribution is -2.15. The normalized spacial score (nSPS) is 10.6. The molecule has 0 spiro atoms. The van der Waals surface area contributed by atoms with Crippen molar-refractivity contribution in [3.05, 3.63) is 33.8 Å². The lowest BCUT2D eigenvalue weighted by molar-refractivity contribution is 0.283. The number of aliphatic hydroxyl groups excluding tert-OH is 1. The van der Waals surface area contributed by atoms with Gasteiger partial charge in [0.05, 0.1) is 0 Å². The summed E-state index contributed by atoms with van der Waals surface area (Å²) in [4.78, 5) is 0. The third kappa shape index (κ3) is 4.39. The fraction of sp³-hybridized carbons (Fsp3) is 0.455. The van der Waals surface area contributed by atoms with Crippen LogP contribution in [0.1, 0.15) is 18.4 Å². The van der Waals surface area contributed by atoms with E-state index in [-0.39, 0.29) is 6.61 Å². The van der Waals surface area contributed by atoms with Crippen molar-refractivity contribution in [1.29, 1.82) is 0 Å². The monoisotopic (exact) mass is 247 g/mol. The maximum atomic E-state index is 8.60. The Balaban J connectivity index is 2.37. The standard InChI is InChI=1S/C11H15Cl2NO/c12-10-4-3-5-11(13)9(10)8-14-6-1-2-7-15/h3-5,14-15H,1-2,6-8H2. The molecule has 1 rings (SSSR count). The molecular weight excluding hydrogens is 233 g/mol. The Kier molecular flexibility index (Phi) is 6.03. The van der Waals surface area contributed by atoms with E-state index < -0.39 is 0 Å². The van der Waals surface area contributed by atoms with Crippen LogP contribution in [0.2, 0.25) is 10.0 Å². The number of hydrogen-bond acceptors (Lipinski definition) is 2. The highest BCUT2D eigenvalue weighted by molar-refractivity contribution is 6.35. The summed E-state index contributed by atoms with van der Waals surface area (Å²) in [5.41, 5.74) is 0.935. The van der Waals surface area contributed by atoms with E-state index in [4.69, 9.17) is 28.3 Å². The molecule has 2 nitrogen and oxygen atoms in total. The predicted molar refractivity (Wildman–Crippen MR) is 64.5 cm³/mol. The van der Waals surface area contributed by atoms with Gasteiger partial charge in [0.1, 0.15) is 0 Å². The number of aliphatic hydroxyl groups is 1. The summed E-state index contributed by atoms with van der Waals surface area (Å²) < 4.78 is 0. The second-order valence-corrected chi connectivity index (χ2v) is 4.12. The fourth-order valence-corrected chi connectivity index (χ4v) is 1.81. The van der Waals surface area contributed by atoms with E-state index in [2.05, 4.69) is 5.32 Å². The number of unbranched alkanes of at least 4 members (excludes halogenated alkanes) is 1. The van der Waals surface area contributed by atoms with Gasteiger partial charge in [-0.25, -0.2) is 0 Å². The van der Waals surface area contributed by atoms with Crippen molar-refractivity contribution >= 4 is 23.2 Å². The zero-order valence-corrected chi connectivity index (χ0v) is 9.98. The number of halogens is 2. The van der Waals surface area contributed by atoms with Crippen LogP contribution in [0.3, 0.4) is 0 Å². The molecule has 1 aromatic rings. The second kappa shape index (κ2) is 7.07. The quantitative estimate of drug-likeness (QED) is 0.759. The summed E-state index contributed by atoms with van der Waals surface area (Å²) in [5, 5.41) is 13.2. The third-order valence-electron chi connectivity index (χ3n) is 2.13. The molecular formula is C11H15Cl2NO.